The Kier molecular flexibility index (Phi) is 12.7. The lowest BCUT2D eigenvalue weighted by atomic mass is 9.78. The molecule has 4 atom stereocenters. The van der Waals surface area contributed by atoms with Gasteiger partial charge in [0.05, 0.1) is 50.1 Å². The van der Waals surface area contributed by atoms with Gasteiger partial charge < -0.3 is 39.9 Å². The van der Waals surface area contributed by atoms with Crippen LogP contribution >= 0.6 is 0 Å². The van der Waals surface area contributed by atoms with Crippen LogP contribution in [0.15, 0.2) is 36.7 Å². The smallest absolute Gasteiger partial charge is 0.407 e. The number of likely N-dealkylation sites (tertiary alicyclic amines) is 2. The molecule has 2 fully saturated rings. The highest BCUT2D eigenvalue weighted by molar-refractivity contribution is 5.87. The topological polar surface area (TPSA) is 175 Å². The van der Waals surface area contributed by atoms with Crippen molar-refractivity contribution >= 4 is 24.0 Å². The van der Waals surface area contributed by atoms with E-state index in [9.17, 15) is 19.2 Å². The van der Waals surface area contributed by atoms with E-state index in [1.807, 2.05) is 49.9 Å². The number of hydrogen-bond donors (Lipinski definition) is 4. The summed E-state index contributed by atoms with van der Waals surface area (Å²) in [5.41, 5.74) is 12.4. The first-order chi connectivity index (χ1) is 30.0. The van der Waals surface area contributed by atoms with Crippen LogP contribution in [0.2, 0.25) is 0 Å². The zero-order valence-electron chi connectivity index (χ0n) is 37.1. The lowest BCUT2D eigenvalue weighted by Gasteiger charge is -2.30. The van der Waals surface area contributed by atoms with E-state index in [0.717, 1.165) is 100 Å². The third-order valence-corrected chi connectivity index (χ3v) is 13.6. The molecule has 2 aliphatic carbocycles. The van der Waals surface area contributed by atoms with E-state index in [1.165, 1.54) is 58.7 Å². The molecule has 2 saturated heterocycles. The summed E-state index contributed by atoms with van der Waals surface area (Å²) in [7, 11) is 2.62. The number of carbonyl (C=O) groups excluding carboxylic acids is 4. The number of ether oxygens (including phenoxy) is 2. The number of nitrogens with zero attached hydrogens (tertiary/aromatic N) is 4. The predicted octanol–water partition coefficient (Wildman–Crippen LogP) is 7.98. The van der Waals surface area contributed by atoms with Gasteiger partial charge in [-0.25, -0.2) is 19.6 Å². The molecule has 0 bridgehead atoms. The fraction of sp³-hybridized carbons (Fsp3) is 0.542. The molecule has 330 valence electrons. The molecular formula is C48H62N8O6. The quantitative estimate of drug-likeness (QED) is 0.118. The molecule has 4 aliphatic rings. The van der Waals surface area contributed by atoms with Gasteiger partial charge in [0, 0.05) is 24.2 Å². The first kappa shape index (κ1) is 43.0. The van der Waals surface area contributed by atoms with E-state index < -0.39 is 24.3 Å². The Morgan fingerprint density at radius 1 is 0.581 bits per heavy atom. The maximum absolute atomic E-state index is 13.8. The molecule has 62 heavy (non-hydrogen) atoms. The van der Waals surface area contributed by atoms with Gasteiger partial charge in [0.2, 0.25) is 11.8 Å². The molecule has 2 aliphatic heterocycles. The summed E-state index contributed by atoms with van der Waals surface area (Å²) in [6.07, 6.45) is 14.5. The fourth-order valence-corrected chi connectivity index (χ4v) is 10.4. The summed E-state index contributed by atoms with van der Waals surface area (Å²) in [5, 5.41) is 5.49. The van der Waals surface area contributed by atoms with Crippen molar-refractivity contribution in [2.24, 2.45) is 11.8 Å². The molecule has 4 unspecified atom stereocenters. The standard InChI is InChI=1S/C48H62N8O6/c1-27(2)41(53-47(59)61-5)45(57)55-23-11-17-39(55)43-49-25-37(51-43)35-21-19-33(29-13-7-9-15-31(29)35)34-20-22-36(32-16-10-8-14-30(32)34)38-26-50-44(52-38)40-18-12-24-56(40)46(58)42(28(3)4)54-48(60)62-6/h19-22,25-28,39-42H,7-18,23-24H2,1-6H3,(H,49,51)(H,50,52)(H,53,59)(H,54,60). The second kappa shape index (κ2) is 18.4. The number of benzene rings is 2. The van der Waals surface area contributed by atoms with E-state index in [1.54, 1.807) is 0 Å². The van der Waals surface area contributed by atoms with Crippen LogP contribution < -0.4 is 10.6 Å². The Hall–Kier alpha value is -5.66. The van der Waals surface area contributed by atoms with Crippen LogP contribution in [0.4, 0.5) is 9.59 Å². The number of carbonyl (C=O) groups is 4. The number of fused-ring (bicyclic) bond motifs is 2. The van der Waals surface area contributed by atoms with Crippen molar-refractivity contribution in [2.45, 2.75) is 129 Å². The summed E-state index contributed by atoms with van der Waals surface area (Å²) < 4.78 is 9.65. The summed E-state index contributed by atoms with van der Waals surface area (Å²) >= 11 is 0. The minimum Gasteiger partial charge on any atom is -0.453 e. The fourth-order valence-electron chi connectivity index (χ4n) is 10.4. The Morgan fingerprint density at radius 2 is 0.935 bits per heavy atom. The van der Waals surface area contributed by atoms with Gasteiger partial charge >= 0.3 is 12.2 Å². The maximum Gasteiger partial charge on any atom is 0.407 e. The van der Waals surface area contributed by atoms with Crippen LogP contribution in [-0.2, 0) is 44.7 Å². The monoisotopic (exact) mass is 846 g/mol. The van der Waals surface area contributed by atoms with Gasteiger partial charge in [-0.15, -0.1) is 0 Å². The number of methoxy groups -OCH3 is 2. The summed E-state index contributed by atoms with van der Waals surface area (Å²) in [6.45, 7) is 8.92. The summed E-state index contributed by atoms with van der Waals surface area (Å²) in [6, 6.07) is 7.36. The molecule has 0 spiro atoms. The van der Waals surface area contributed by atoms with Gasteiger partial charge in [0.25, 0.3) is 0 Å². The Balaban J connectivity index is 1.07. The normalized spacial score (nSPS) is 19.5. The third kappa shape index (κ3) is 8.32. The van der Waals surface area contributed by atoms with Gasteiger partial charge in [-0.1, -0.05) is 52.0 Å². The molecule has 14 heteroatoms. The van der Waals surface area contributed by atoms with E-state index in [0.29, 0.717) is 13.1 Å². The highest BCUT2D eigenvalue weighted by Crippen LogP contribution is 2.44. The Morgan fingerprint density at radius 3 is 1.29 bits per heavy atom. The van der Waals surface area contributed by atoms with Crippen molar-refractivity contribution < 1.29 is 28.7 Å². The van der Waals surface area contributed by atoms with Crippen LogP contribution in [0.1, 0.15) is 125 Å². The summed E-state index contributed by atoms with van der Waals surface area (Å²) in [5.74, 6) is 1.11. The van der Waals surface area contributed by atoms with Gasteiger partial charge in [-0.3, -0.25) is 9.59 Å². The number of amides is 4. The van der Waals surface area contributed by atoms with Gasteiger partial charge in [0.15, 0.2) is 0 Å². The third-order valence-electron chi connectivity index (χ3n) is 13.6. The Bertz CT molecular complexity index is 2150. The zero-order chi connectivity index (χ0) is 43.7. The molecule has 4 N–H and O–H groups in total. The Labute approximate surface area is 364 Å². The minimum absolute atomic E-state index is 0.102. The average Bonchev–Trinajstić information content (AvgIpc) is 4.13. The van der Waals surface area contributed by atoms with Crippen LogP contribution in [0.25, 0.3) is 33.6 Å². The molecule has 14 nitrogen and oxygen atoms in total. The number of aromatic amines is 2. The van der Waals surface area contributed by atoms with E-state index in [4.69, 9.17) is 19.4 Å². The molecule has 2 aromatic carbocycles. The minimum atomic E-state index is -0.684. The van der Waals surface area contributed by atoms with E-state index in [-0.39, 0.29) is 35.7 Å². The zero-order valence-corrected chi connectivity index (χ0v) is 37.1. The number of imidazole rings is 2. The number of nitrogens with one attached hydrogen (secondary N) is 4. The highest BCUT2D eigenvalue weighted by Gasteiger charge is 2.39. The van der Waals surface area contributed by atoms with Crippen molar-refractivity contribution in [3.05, 3.63) is 70.6 Å². The van der Waals surface area contributed by atoms with Crippen molar-refractivity contribution in [2.75, 3.05) is 27.3 Å². The lowest BCUT2D eigenvalue weighted by Crippen LogP contribution is -2.51. The average molecular weight is 847 g/mol. The van der Waals surface area contributed by atoms with Crippen molar-refractivity contribution in [3.8, 4) is 33.6 Å². The first-order valence-electron chi connectivity index (χ1n) is 22.7. The van der Waals surface area contributed by atoms with Gasteiger partial charge in [-0.05, 0) is 122 Å². The van der Waals surface area contributed by atoms with Crippen molar-refractivity contribution in [1.29, 1.82) is 0 Å². The molecule has 8 rings (SSSR count). The largest absolute Gasteiger partial charge is 0.453 e. The number of hydrogen-bond acceptors (Lipinski definition) is 8. The first-order valence-corrected chi connectivity index (χ1v) is 22.7. The van der Waals surface area contributed by atoms with Gasteiger partial charge in [-0.2, -0.15) is 0 Å². The van der Waals surface area contributed by atoms with Crippen molar-refractivity contribution in [3.63, 3.8) is 0 Å². The number of aromatic nitrogens is 4. The van der Waals surface area contributed by atoms with Crippen LogP contribution in [0.3, 0.4) is 0 Å². The molecule has 0 saturated carbocycles. The number of alkyl carbamates (subject to hydrolysis) is 2. The molecule has 4 aromatic rings. The molecule has 4 heterocycles. The van der Waals surface area contributed by atoms with Crippen molar-refractivity contribution in [1.82, 2.24) is 40.4 Å². The maximum atomic E-state index is 13.8. The molecule has 2 aromatic heterocycles. The second-order valence-electron chi connectivity index (χ2n) is 18.1. The van der Waals surface area contributed by atoms with E-state index in [2.05, 4.69) is 44.9 Å². The molecular weight excluding hydrogens is 785 g/mol. The number of rotatable bonds is 11. The van der Waals surface area contributed by atoms with Crippen LogP contribution in [0, 0.1) is 11.8 Å². The molecule has 0 radical (unpaired) electrons. The van der Waals surface area contributed by atoms with Gasteiger partial charge in [0.1, 0.15) is 23.7 Å². The SMILES string of the molecule is COC(=O)NC(C(=O)N1CCCC1c1ncc(-c2ccc(-c3ccc(-c4cnc(C5CCCN5C(=O)C(NC(=O)OC)C(C)C)[nH]4)c4c3CCCC4)c3c2CCCC3)[nH]1)C(C)C. The second-order valence-corrected chi connectivity index (χ2v) is 18.1. The van der Waals surface area contributed by atoms with E-state index >= 15 is 0 Å². The molecule has 4 amide bonds. The van der Waals surface area contributed by atoms with Crippen LogP contribution in [-0.4, -0.2) is 93.1 Å². The predicted molar refractivity (Wildman–Crippen MR) is 236 cm³/mol. The highest BCUT2D eigenvalue weighted by atomic mass is 16.5. The summed E-state index contributed by atoms with van der Waals surface area (Å²) in [4.78, 5) is 72.6. The lowest BCUT2D eigenvalue weighted by molar-refractivity contribution is -0.136. The number of H-pyrrole nitrogens is 2. The van der Waals surface area contributed by atoms with Crippen LogP contribution in [0.5, 0.6) is 0 Å².